The van der Waals surface area contributed by atoms with Gasteiger partial charge in [-0.3, -0.25) is 18.7 Å². The van der Waals surface area contributed by atoms with Gasteiger partial charge < -0.3 is 29.4 Å². The quantitative estimate of drug-likeness (QED) is 0.186. The Balaban J connectivity index is 0.000000187. The lowest BCUT2D eigenvalue weighted by molar-refractivity contribution is 0.216. The number of rotatable bonds is 7. The lowest BCUT2D eigenvalue weighted by Crippen LogP contribution is -2.29. The van der Waals surface area contributed by atoms with Gasteiger partial charge in [-0.25, -0.2) is 85.7 Å². The Labute approximate surface area is 697 Å². The average molecular weight is 1770 g/mol. The molecule has 12 heterocycles. The van der Waals surface area contributed by atoms with Crippen molar-refractivity contribution in [2.24, 2.45) is 0 Å². The number of hydrogen-bond acceptors (Lipinski definition) is 27. The molecule has 49 heteroatoms. The molecule has 120 heavy (non-hydrogen) atoms. The van der Waals surface area contributed by atoms with Crippen LogP contribution in [0.3, 0.4) is 0 Å². The zero-order valence-electron chi connectivity index (χ0n) is 68.4. The minimum atomic E-state index is -3.58. The van der Waals surface area contributed by atoms with E-state index in [0.29, 0.717) is 38.1 Å². The Bertz CT molecular complexity index is 5890. The van der Waals surface area contributed by atoms with Gasteiger partial charge in [-0.2, -0.15) is 38.2 Å². The number of amides is 6. The predicted octanol–water partition coefficient (Wildman–Crippen LogP) is 5.66. The molecule has 0 aliphatic rings. The third-order valence-electron chi connectivity index (χ3n) is 15.4. The minimum absolute atomic E-state index is 0.0845. The molecule has 45 nitrogen and oxygen atoms in total. The fourth-order valence-corrected chi connectivity index (χ4v) is 11.8. The van der Waals surface area contributed by atoms with Gasteiger partial charge >= 0.3 is 66.8 Å². The molecule has 0 aliphatic heterocycles. The van der Waals surface area contributed by atoms with Gasteiger partial charge in [-0.1, -0.05) is 59.8 Å². The molecule has 0 bridgehead atoms. The number of hydrogen-bond donors (Lipinski definition) is 0. The molecule has 0 radical (unpaired) electrons. The number of benzene rings is 3. The van der Waals surface area contributed by atoms with E-state index in [9.17, 15) is 54.0 Å². The van der Waals surface area contributed by atoms with Crippen LogP contribution in [-0.4, -0.2) is 346 Å². The number of carbonyl (C=O) groups excluding carboxylic acids is 6. The van der Waals surface area contributed by atoms with Gasteiger partial charge in [0.1, 0.15) is 77.3 Å². The highest BCUT2D eigenvalue weighted by Gasteiger charge is 2.23. The summed E-state index contributed by atoms with van der Waals surface area (Å²) in [5.74, 6) is 0. The van der Waals surface area contributed by atoms with E-state index in [4.69, 9.17) is 0 Å². The first-order valence-electron chi connectivity index (χ1n) is 34.9. The van der Waals surface area contributed by atoms with Crippen molar-refractivity contribution in [2.75, 3.05) is 127 Å². The third kappa shape index (κ3) is 24.1. The summed E-state index contributed by atoms with van der Waals surface area (Å²) >= 11 is 3.15. The van der Waals surface area contributed by atoms with Crippen molar-refractivity contribution in [1.82, 2.24) is 158 Å². The van der Waals surface area contributed by atoms with Crippen LogP contribution in [-0.2, 0) is 30.6 Å². The summed E-state index contributed by atoms with van der Waals surface area (Å²) in [7, 11) is 18.6. The van der Waals surface area contributed by atoms with Gasteiger partial charge in [-0.05, 0) is 75.7 Å². The van der Waals surface area contributed by atoms with E-state index in [2.05, 4.69) is 91.6 Å². The van der Waals surface area contributed by atoms with Crippen LogP contribution < -0.4 is 0 Å². The second kappa shape index (κ2) is 42.3. The van der Waals surface area contributed by atoms with Gasteiger partial charge in [0.05, 0.1) is 34.0 Å². The van der Waals surface area contributed by atoms with Crippen LogP contribution >= 0.6 is 15.9 Å². The van der Waals surface area contributed by atoms with Crippen LogP contribution in [0.4, 0.5) is 28.8 Å². The average Bonchev–Trinajstić information content (AvgIpc) is 1.57. The fourth-order valence-electron chi connectivity index (χ4n) is 9.13. The summed E-state index contributed by atoms with van der Waals surface area (Å²) in [6, 6.07) is 32.0. The highest BCUT2D eigenvalue weighted by Crippen LogP contribution is 2.19. The van der Waals surface area contributed by atoms with E-state index in [0.717, 1.165) is 70.7 Å². The van der Waals surface area contributed by atoms with Crippen molar-refractivity contribution >= 4 is 138 Å². The molecule has 6 amide bonds. The number of nitrogens with zero attached hydrogens (tertiary/aromatic N) is 33. The van der Waals surface area contributed by atoms with Crippen LogP contribution in [0.25, 0.3) is 66.7 Å². The van der Waals surface area contributed by atoms with Crippen molar-refractivity contribution in [3.63, 3.8) is 0 Å². The van der Waals surface area contributed by atoms with Crippen molar-refractivity contribution in [3.8, 4) is 11.3 Å². The van der Waals surface area contributed by atoms with Crippen molar-refractivity contribution < 1.29 is 54.0 Å². The molecule has 0 saturated carbocycles. The van der Waals surface area contributed by atoms with E-state index < -0.39 is 30.6 Å². The third-order valence-corrected chi connectivity index (χ3v) is 20.7. The molecule has 15 aromatic rings. The number of para-hydroxylation sites is 3. The maximum atomic E-state index is 11.8. The number of pyridine rings is 3. The molecule has 15 rings (SSSR count). The van der Waals surface area contributed by atoms with E-state index in [-0.39, 0.29) is 36.2 Å². The molecule has 0 spiro atoms. The highest BCUT2D eigenvalue weighted by atomic mass is 79.9. The number of imidazole rings is 6. The van der Waals surface area contributed by atoms with Gasteiger partial charge in [0.25, 0.3) is 0 Å². The van der Waals surface area contributed by atoms with E-state index in [1.807, 2.05) is 60.7 Å². The Morgan fingerprint density at radius 3 is 1.35 bits per heavy atom. The van der Waals surface area contributed by atoms with Crippen LogP contribution in [0.15, 0.2) is 214 Å². The van der Waals surface area contributed by atoms with Crippen LogP contribution in [0.5, 0.6) is 0 Å². The van der Waals surface area contributed by atoms with Gasteiger partial charge in [-0.15, -0.1) is 29.2 Å². The van der Waals surface area contributed by atoms with Crippen LogP contribution in [0.1, 0.15) is 0 Å². The number of aromatic nitrogens is 24. The molecule has 3 aromatic carbocycles. The first-order valence-corrected chi connectivity index (χ1v) is 39.9. The Morgan fingerprint density at radius 1 is 0.342 bits per heavy atom. The van der Waals surface area contributed by atoms with Gasteiger partial charge in [0.15, 0.2) is 11.3 Å². The topological polar surface area (TPSA) is 472 Å². The largest absolute Gasteiger partial charge is 0.347 e. The zero-order chi connectivity index (χ0) is 88.5. The second-order valence-corrected chi connectivity index (χ2v) is 32.9. The van der Waals surface area contributed by atoms with Crippen molar-refractivity contribution in [1.29, 1.82) is 0 Å². The normalized spacial score (nSPS) is 10.9. The fraction of sp³-hybridized carbons (Fsp3) is 0.254. The molecule has 12 aromatic heterocycles. The molecule has 0 aliphatic carbocycles. The summed E-state index contributed by atoms with van der Waals surface area (Å²) in [5.41, 5.74) is 8.14. The molecular weight excluding hydrogens is 1680 g/mol. The Hall–Kier alpha value is -13.9. The molecular formula is C71H88BrN33O12S3. The lowest BCUT2D eigenvalue weighted by atomic mass is 10.2. The highest BCUT2D eigenvalue weighted by molar-refractivity contribution is 9.10. The molecule has 0 fully saturated rings. The van der Waals surface area contributed by atoms with Crippen molar-refractivity contribution in [2.45, 2.75) is 0 Å². The van der Waals surface area contributed by atoms with Crippen molar-refractivity contribution in [3.05, 3.63) is 214 Å². The summed E-state index contributed by atoms with van der Waals surface area (Å²) in [5, 5.41) is 21.7. The maximum absolute atomic E-state index is 11.8. The van der Waals surface area contributed by atoms with Gasteiger partial charge in [0, 0.05) is 176 Å². The second-order valence-electron chi connectivity index (χ2n) is 26.1. The first-order chi connectivity index (χ1) is 56.7. The smallest absolute Gasteiger partial charge is 0.330 e. The van der Waals surface area contributed by atoms with Crippen LogP contribution in [0, 0.1) is 0 Å². The summed E-state index contributed by atoms with van der Waals surface area (Å²) in [6.45, 7) is 0. The van der Waals surface area contributed by atoms with Crippen LogP contribution in [0.2, 0.25) is 0 Å². The molecule has 634 valence electrons. The van der Waals surface area contributed by atoms with E-state index >= 15 is 0 Å². The monoisotopic (exact) mass is 1770 g/mol. The standard InChI is InChI=1S/C11H13N3O2S.C10H11N3O.2C9H10N4O.C8H9N5O.C8H10N4O2S.C6H8BrN3O.C6H9N3O.C4H8N4O2S/c1-13(2)17(15,16)14-8-11(12-9-14)10-6-4-3-5-7-10;1-12(2)10(14)13-7-11-8-5-3-4-6-9(8)13;1-12(2)9(14)13-6-11-7-3-4-10-5-8(7)13;1-12(2)9(14)13-6-11-7-4-3-5-10-8(7)13;1-12(2)8(14)13-7-6(10-11-13)4-3-5-9-7;1-11(2)15(13,14)12-8-6-4-3-5-7(8)9-10-12;1-9(2)6(11)10-3-5(7)8-4-10;1-8(2)6(10)9-4-3-7-5-9;1-7(2)11(9,10)8-3-5-6-4-8/h3-9H,1-2H3;3-7H,1-2H3;2*3-6H,1-2H3;3-5H,1-2H3;3-6H,1-2H3;3-4H,1-2H3;3-5H,1-2H3;3-4H,1-2H3. The number of carbonyl (C=O) groups is 6. The number of fused-ring (bicyclic) bond motifs is 5. The molecule has 0 atom stereocenters. The lowest BCUT2D eigenvalue weighted by Gasteiger charge is -2.10. The molecule has 0 saturated heterocycles. The number of halogens is 1. The summed E-state index contributed by atoms with van der Waals surface area (Å²) in [6.07, 6.45) is 23.9. The Morgan fingerprint density at radius 2 is 0.808 bits per heavy atom. The zero-order valence-corrected chi connectivity index (χ0v) is 72.4. The van der Waals surface area contributed by atoms with E-state index in [1.165, 1.54) is 137 Å². The van der Waals surface area contributed by atoms with E-state index in [1.54, 1.807) is 183 Å². The van der Waals surface area contributed by atoms with Gasteiger partial charge in [0.2, 0.25) is 0 Å². The Kier molecular flexibility index (Phi) is 32.9. The SMILES string of the molecule is CN(C)C(=O)n1ccnc1.CN(C)C(=O)n1cnc(Br)c1.CN(C)C(=O)n1cnc2ccccc21.CN(C)C(=O)n1cnc2cccnc21.CN(C)C(=O)n1cnc2ccncc21.CN(C)C(=O)n1nnc2cccnc21.CN(C)S(=O)(=O)n1cnc(-c2ccccc2)c1.CN(C)S(=O)(=O)n1cnnc1.CN(C)S(=O)(=O)n1nnc2ccccc21. The molecule has 0 N–H and O–H groups in total. The molecule has 0 unspecified atom stereocenters. The first kappa shape index (κ1) is 93.3. The predicted molar refractivity (Wildman–Crippen MR) is 448 cm³/mol. The maximum Gasteiger partial charge on any atom is 0.347 e. The summed E-state index contributed by atoms with van der Waals surface area (Å²) < 4.78 is 85.0. The summed E-state index contributed by atoms with van der Waals surface area (Å²) in [4.78, 5) is 114. The minimum Gasteiger partial charge on any atom is -0.330 e.